The molecule has 2 aromatic rings. The van der Waals surface area contributed by atoms with Gasteiger partial charge in [-0.05, 0) is 36.5 Å². The van der Waals surface area contributed by atoms with Crippen molar-refractivity contribution in [3.8, 4) is 11.5 Å². The molecule has 8 nitrogen and oxygen atoms in total. The molecule has 0 heterocycles. The minimum atomic E-state index is -0.475. The molecule has 2 aromatic carbocycles. The van der Waals surface area contributed by atoms with Gasteiger partial charge >= 0.3 is 0 Å². The lowest BCUT2D eigenvalue weighted by molar-refractivity contribution is 0.0930. The molecule has 0 saturated carbocycles. The summed E-state index contributed by atoms with van der Waals surface area (Å²) in [6.45, 7) is 0.698. The third-order valence-corrected chi connectivity index (χ3v) is 3.75. The van der Waals surface area contributed by atoms with Gasteiger partial charge in [-0.25, -0.2) is 0 Å². The van der Waals surface area contributed by atoms with E-state index >= 15 is 0 Å². The third-order valence-electron chi connectivity index (χ3n) is 3.54. The quantitative estimate of drug-likeness (QED) is 0.368. The number of methoxy groups -OCH3 is 2. The second-order valence-electron chi connectivity index (χ2n) is 5.40. The topological polar surface area (TPSA) is 97.9 Å². The number of thiocarbonyl (C=S) groups is 1. The smallest absolute Gasteiger partial charge is 0.273 e. The van der Waals surface area contributed by atoms with Crippen LogP contribution in [0.15, 0.2) is 48.5 Å². The molecule has 0 unspecified atom stereocenters. The van der Waals surface area contributed by atoms with Crippen LogP contribution in [0.25, 0.3) is 0 Å². The Balaban J connectivity index is 1.93. The Morgan fingerprint density at radius 2 is 1.46 bits per heavy atom. The number of para-hydroxylation sites is 2. The molecule has 0 fully saturated rings. The Bertz CT molecular complexity index is 844. The Morgan fingerprint density at radius 3 is 2.11 bits per heavy atom. The van der Waals surface area contributed by atoms with Crippen LogP contribution in [0.1, 0.15) is 20.7 Å². The lowest BCUT2D eigenvalue weighted by Gasteiger charge is -2.14. The fourth-order valence-electron chi connectivity index (χ4n) is 2.23. The van der Waals surface area contributed by atoms with E-state index in [9.17, 15) is 9.59 Å². The highest BCUT2D eigenvalue weighted by Gasteiger charge is 2.15. The van der Waals surface area contributed by atoms with Crippen molar-refractivity contribution < 1.29 is 23.8 Å². The highest BCUT2D eigenvalue weighted by Crippen LogP contribution is 2.18. The molecule has 2 amide bonds. The minimum Gasteiger partial charge on any atom is -0.496 e. The lowest BCUT2D eigenvalue weighted by Crippen LogP contribution is -2.48. The van der Waals surface area contributed by atoms with Gasteiger partial charge in [-0.2, -0.15) is 0 Å². The maximum atomic E-state index is 12.4. The highest BCUT2D eigenvalue weighted by atomic mass is 32.1. The van der Waals surface area contributed by atoms with Crippen LogP contribution >= 0.6 is 12.2 Å². The Labute approximate surface area is 168 Å². The fraction of sp³-hybridized carbons (Fsp3) is 0.211. The minimum absolute atomic E-state index is 0.0695. The van der Waals surface area contributed by atoms with Crippen molar-refractivity contribution in [1.82, 2.24) is 16.2 Å². The molecular formula is C19H21N3O5S. The summed E-state index contributed by atoms with van der Waals surface area (Å²) in [5.74, 6) is -0.119. The molecule has 28 heavy (non-hydrogen) atoms. The molecule has 0 aliphatic rings. The number of hydrogen-bond acceptors (Lipinski definition) is 6. The van der Waals surface area contributed by atoms with Crippen LogP contribution in [0.2, 0.25) is 0 Å². The highest BCUT2D eigenvalue weighted by molar-refractivity contribution is 7.80. The lowest BCUT2D eigenvalue weighted by atomic mass is 10.2. The van der Waals surface area contributed by atoms with Crippen molar-refractivity contribution in [3.05, 3.63) is 59.7 Å². The molecule has 0 saturated heterocycles. The van der Waals surface area contributed by atoms with Gasteiger partial charge in [0, 0.05) is 7.11 Å². The van der Waals surface area contributed by atoms with Crippen LogP contribution < -0.4 is 25.6 Å². The van der Waals surface area contributed by atoms with E-state index in [0.29, 0.717) is 35.8 Å². The summed E-state index contributed by atoms with van der Waals surface area (Å²) in [5.41, 5.74) is 5.53. The van der Waals surface area contributed by atoms with Gasteiger partial charge in [0.25, 0.3) is 11.8 Å². The standard InChI is InChI=1S/C19H21N3O5S/c1-25-11-12-27-16-10-6-4-8-14(16)17(23)20-19(28)22-21-18(24)13-7-3-5-9-15(13)26-2/h3-10H,11-12H2,1-2H3,(H,21,24)(H2,20,22,23,28). The predicted molar refractivity (Wildman–Crippen MR) is 107 cm³/mol. The van der Waals surface area contributed by atoms with Crippen LogP contribution in [0.5, 0.6) is 11.5 Å². The molecule has 0 radical (unpaired) electrons. The van der Waals surface area contributed by atoms with E-state index in [4.69, 9.17) is 26.4 Å². The molecule has 0 aromatic heterocycles. The van der Waals surface area contributed by atoms with E-state index < -0.39 is 11.8 Å². The maximum absolute atomic E-state index is 12.4. The maximum Gasteiger partial charge on any atom is 0.273 e. The van der Waals surface area contributed by atoms with Gasteiger partial charge < -0.3 is 14.2 Å². The van der Waals surface area contributed by atoms with Crippen LogP contribution in [0, 0.1) is 0 Å². The number of carbonyl (C=O) groups is 2. The number of ether oxygens (including phenoxy) is 3. The van der Waals surface area contributed by atoms with Gasteiger partial charge in [0.15, 0.2) is 5.11 Å². The second kappa shape index (κ2) is 10.9. The summed E-state index contributed by atoms with van der Waals surface area (Å²) in [5, 5.41) is 2.42. The normalized spacial score (nSPS) is 9.93. The predicted octanol–water partition coefficient (Wildman–Crippen LogP) is 1.67. The van der Waals surface area contributed by atoms with E-state index in [2.05, 4.69) is 16.2 Å². The van der Waals surface area contributed by atoms with Crippen molar-refractivity contribution in [1.29, 1.82) is 0 Å². The molecule has 0 spiro atoms. The molecule has 9 heteroatoms. The molecule has 0 atom stereocenters. The zero-order valence-electron chi connectivity index (χ0n) is 15.5. The van der Waals surface area contributed by atoms with Gasteiger partial charge in [-0.15, -0.1) is 0 Å². The summed E-state index contributed by atoms with van der Waals surface area (Å²) < 4.78 is 15.6. The Hall–Kier alpha value is -3.17. The average Bonchev–Trinajstić information content (AvgIpc) is 2.72. The largest absolute Gasteiger partial charge is 0.496 e. The summed E-state index contributed by atoms with van der Waals surface area (Å²) >= 11 is 5.06. The number of nitrogens with one attached hydrogen (secondary N) is 3. The van der Waals surface area contributed by atoms with Gasteiger partial charge in [0.2, 0.25) is 0 Å². The SMILES string of the molecule is COCCOc1ccccc1C(=O)NC(=S)NNC(=O)c1ccccc1OC. The number of hydrogen-bond donors (Lipinski definition) is 3. The summed E-state index contributed by atoms with van der Waals surface area (Å²) in [6.07, 6.45) is 0. The number of amides is 2. The first-order valence-corrected chi connectivity index (χ1v) is 8.73. The van der Waals surface area contributed by atoms with Crippen molar-refractivity contribution in [3.63, 3.8) is 0 Å². The average molecular weight is 403 g/mol. The zero-order valence-corrected chi connectivity index (χ0v) is 16.3. The van der Waals surface area contributed by atoms with E-state index in [0.717, 1.165) is 0 Å². The van der Waals surface area contributed by atoms with Crippen LogP contribution in [0.4, 0.5) is 0 Å². The van der Waals surface area contributed by atoms with Gasteiger partial charge in [0.05, 0.1) is 24.8 Å². The fourth-order valence-corrected chi connectivity index (χ4v) is 2.37. The Morgan fingerprint density at radius 1 is 0.857 bits per heavy atom. The molecule has 0 bridgehead atoms. The van der Waals surface area contributed by atoms with Crippen molar-refractivity contribution >= 4 is 29.1 Å². The molecule has 2 rings (SSSR count). The van der Waals surface area contributed by atoms with Gasteiger partial charge in [-0.3, -0.25) is 25.8 Å². The first-order valence-electron chi connectivity index (χ1n) is 8.32. The van der Waals surface area contributed by atoms with Crippen LogP contribution in [-0.4, -0.2) is 44.4 Å². The zero-order chi connectivity index (χ0) is 20.4. The molecule has 0 aliphatic heterocycles. The Kier molecular flexibility index (Phi) is 8.19. The van der Waals surface area contributed by atoms with Gasteiger partial charge in [0.1, 0.15) is 18.1 Å². The molecular weight excluding hydrogens is 382 g/mol. The summed E-state index contributed by atoms with van der Waals surface area (Å²) in [6, 6.07) is 13.5. The first kappa shape index (κ1) is 21.1. The number of benzene rings is 2. The third kappa shape index (κ3) is 5.93. The summed E-state index contributed by atoms with van der Waals surface area (Å²) in [7, 11) is 3.03. The first-order chi connectivity index (χ1) is 13.6. The summed E-state index contributed by atoms with van der Waals surface area (Å²) in [4.78, 5) is 24.7. The second-order valence-corrected chi connectivity index (χ2v) is 5.81. The molecule has 0 aliphatic carbocycles. The van der Waals surface area contributed by atoms with Crippen molar-refractivity contribution in [2.45, 2.75) is 0 Å². The van der Waals surface area contributed by atoms with Crippen molar-refractivity contribution in [2.75, 3.05) is 27.4 Å². The molecule has 3 N–H and O–H groups in total. The van der Waals surface area contributed by atoms with E-state index in [1.807, 2.05) is 0 Å². The van der Waals surface area contributed by atoms with Gasteiger partial charge in [-0.1, -0.05) is 24.3 Å². The number of rotatable bonds is 7. The van der Waals surface area contributed by atoms with E-state index in [1.54, 1.807) is 55.6 Å². The van der Waals surface area contributed by atoms with E-state index in [-0.39, 0.29) is 5.11 Å². The van der Waals surface area contributed by atoms with Crippen LogP contribution in [-0.2, 0) is 4.74 Å². The molecule has 148 valence electrons. The monoisotopic (exact) mass is 403 g/mol. The van der Waals surface area contributed by atoms with E-state index in [1.165, 1.54) is 7.11 Å². The number of carbonyl (C=O) groups excluding carboxylic acids is 2. The number of hydrazine groups is 1. The van der Waals surface area contributed by atoms with Crippen molar-refractivity contribution in [2.24, 2.45) is 0 Å². The van der Waals surface area contributed by atoms with Crippen LogP contribution in [0.3, 0.4) is 0 Å².